The van der Waals surface area contributed by atoms with Gasteiger partial charge >= 0.3 is 0 Å². The Hall–Kier alpha value is -1.33. The van der Waals surface area contributed by atoms with E-state index < -0.39 is 0 Å². The summed E-state index contributed by atoms with van der Waals surface area (Å²) in [6, 6.07) is 2.47. The second-order valence-corrected chi connectivity index (χ2v) is 5.25. The third kappa shape index (κ3) is 2.40. The van der Waals surface area contributed by atoms with E-state index in [-0.39, 0.29) is 5.91 Å². The maximum Gasteiger partial charge on any atom is 0.257 e. The summed E-state index contributed by atoms with van der Waals surface area (Å²) < 4.78 is 5.35. The number of nitrogens with zero attached hydrogens (tertiary/aromatic N) is 2. The number of aryl methyl sites for hydroxylation is 1. The van der Waals surface area contributed by atoms with Gasteiger partial charge in [0.1, 0.15) is 5.76 Å². The third-order valence-corrected chi connectivity index (χ3v) is 4.17. The molecule has 5 nitrogen and oxygen atoms in total. The highest BCUT2D eigenvalue weighted by Crippen LogP contribution is 2.16. The molecule has 2 fully saturated rings. The highest BCUT2D eigenvalue weighted by Gasteiger charge is 2.30. The molecule has 3 rings (SSSR count). The van der Waals surface area contributed by atoms with Gasteiger partial charge in [0.2, 0.25) is 0 Å². The Morgan fingerprint density at radius 3 is 2.68 bits per heavy atom. The van der Waals surface area contributed by atoms with E-state index in [2.05, 4.69) is 10.2 Å². The van der Waals surface area contributed by atoms with Gasteiger partial charge in [-0.2, -0.15) is 0 Å². The summed E-state index contributed by atoms with van der Waals surface area (Å²) in [4.78, 5) is 16.9. The number of piperazine rings is 1. The van der Waals surface area contributed by atoms with Crippen molar-refractivity contribution in [3.63, 3.8) is 0 Å². The maximum absolute atomic E-state index is 12.4. The molecule has 0 spiro atoms. The van der Waals surface area contributed by atoms with Crippen LogP contribution in [0.5, 0.6) is 0 Å². The number of nitrogens with one attached hydrogen (secondary N) is 1. The number of furan rings is 1. The van der Waals surface area contributed by atoms with Crippen molar-refractivity contribution < 1.29 is 9.21 Å². The number of carbonyl (C=O) groups is 1. The lowest BCUT2D eigenvalue weighted by Crippen LogP contribution is -2.62. The Kier molecular flexibility index (Phi) is 3.57. The van der Waals surface area contributed by atoms with Crippen molar-refractivity contribution in [2.75, 3.05) is 39.3 Å². The van der Waals surface area contributed by atoms with Crippen LogP contribution in [0.25, 0.3) is 0 Å². The largest absolute Gasteiger partial charge is 0.469 e. The molecule has 104 valence electrons. The fourth-order valence-electron chi connectivity index (χ4n) is 2.80. The molecular formula is C14H21N3O2. The Balaban J connectivity index is 1.60. The summed E-state index contributed by atoms with van der Waals surface area (Å²) >= 11 is 0. The van der Waals surface area contributed by atoms with Crippen molar-refractivity contribution in [3.8, 4) is 0 Å². The monoisotopic (exact) mass is 263 g/mol. The normalized spacial score (nSPS) is 21.4. The van der Waals surface area contributed by atoms with Gasteiger partial charge in [0.25, 0.3) is 5.91 Å². The van der Waals surface area contributed by atoms with E-state index in [1.54, 1.807) is 12.3 Å². The van der Waals surface area contributed by atoms with E-state index in [1.807, 2.05) is 11.8 Å². The summed E-state index contributed by atoms with van der Waals surface area (Å²) in [5, 5.41) is 3.30. The van der Waals surface area contributed by atoms with Gasteiger partial charge in [-0.25, -0.2) is 0 Å². The molecule has 3 heterocycles. The molecule has 19 heavy (non-hydrogen) atoms. The lowest BCUT2D eigenvalue weighted by Gasteiger charge is -2.43. The van der Waals surface area contributed by atoms with E-state index in [0.29, 0.717) is 6.04 Å². The first kappa shape index (κ1) is 12.7. The molecule has 1 aromatic heterocycles. The number of carbonyl (C=O) groups excluding carboxylic acids is 1. The lowest BCUT2D eigenvalue weighted by atomic mass is 10.1. The predicted molar refractivity (Wildman–Crippen MR) is 72.2 cm³/mol. The summed E-state index contributed by atoms with van der Waals surface area (Å²) in [6.45, 7) is 7.81. The SMILES string of the molecule is CCc1occc1C(=O)N1CCN(C2CNC2)CC1. The van der Waals surface area contributed by atoms with Gasteiger partial charge in [-0.3, -0.25) is 9.69 Å². The average molecular weight is 263 g/mol. The second kappa shape index (κ2) is 5.35. The minimum Gasteiger partial charge on any atom is -0.469 e. The number of hydrogen-bond donors (Lipinski definition) is 1. The first-order valence-electron chi connectivity index (χ1n) is 7.10. The molecule has 0 aliphatic carbocycles. The van der Waals surface area contributed by atoms with Gasteiger partial charge in [0.15, 0.2) is 0 Å². The zero-order valence-electron chi connectivity index (χ0n) is 11.4. The zero-order valence-corrected chi connectivity index (χ0v) is 11.4. The molecule has 0 radical (unpaired) electrons. The summed E-state index contributed by atoms with van der Waals surface area (Å²) in [7, 11) is 0. The fourth-order valence-corrected chi connectivity index (χ4v) is 2.80. The third-order valence-electron chi connectivity index (χ3n) is 4.17. The second-order valence-electron chi connectivity index (χ2n) is 5.25. The Bertz CT molecular complexity index is 445. The van der Waals surface area contributed by atoms with Gasteiger partial charge in [-0.05, 0) is 6.07 Å². The van der Waals surface area contributed by atoms with Crippen LogP contribution in [0, 0.1) is 0 Å². The molecule has 1 amide bonds. The quantitative estimate of drug-likeness (QED) is 0.866. The number of rotatable bonds is 3. The van der Waals surface area contributed by atoms with E-state index in [0.717, 1.165) is 57.0 Å². The van der Waals surface area contributed by atoms with Crippen LogP contribution in [0.4, 0.5) is 0 Å². The van der Waals surface area contributed by atoms with Crippen LogP contribution in [0.2, 0.25) is 0 Å². The molecular weight excluding hydrogens is 242 g/mol. The van der Waals surface area contributed by atoms with Crippen LogP contribution in [-0.2, 0) is 6.42 Å². The van der Waals surface area contributed by atoms with E-state index >= 15 is 0 Å². The van der Waals surface area contributed by atoms with Crippen LogP contribution in [0.3, 0.4) is 0 Å². The molecule has 1 N–H and O–H groups in total. The smallest absolute Gasteiger partial charge is 0.257 e. The van der Waals surface area contributed by atoms with Crippen molar-refractivity contribution in [1.82, 2.24) is 15.1 Å². The maximum atomic E-state index is 12.4. The van der Waals surface area contributed by atoms with E-state index in [9.17, 15) is 4.79 Å². The van der Waals surface area contributed by atoms with Crippen molar-refractivity contribution >= 4 is 5.91 Å². The minimum atomic E-state index is 0.122. The van der Waals surface area contributed by atoms with Gasteiger partial charge in [0.05, 0.1) is 11.8 Å². The Morgan fingerprint density at radius 2 is 2.11 bits per heavy atom. The standard InChI is InChI=1S/C14H21N3O2/c1-2-13-12(3-8-19-13)14(18)17-6-4-16(5-7-17)11-9-15-10-11/h3,8,11,15H,2,4-7,9-10H2,1H3. The summed E-state index contributed by atoms with van der Waals surface area (Å²) in [5.41, 5.74) is 0.737. The van der Waals surface area contributed by atoms with Crippen molar-refractivity contribution in [3.05, 3.63) is 23.7 Å². The molecule has 0 saturated carbocycles. The fraction of sp³-hybridized carbons (Fsp3) is 0.643. The predicted octanol–water partition coefficient (Wildman–Crippen LogP) is 0.572. The molecule has 2 aliphatic rings. The lowest BCUT2D eigenvalue weighted by molar-refractivity contribution is 0.0500. The Labute approximate surface area is 113 Å². The summed E-state index contributed by atoms with van der Waals surface area (Å²) in [5.74, 6) is 0.924. The molecule has 2 aliphatic heterocycles. The van der Waals surface area contributed by atoms with Crippen LogP contribution >= 0.6 is 0 Å². The van der Waals surface area contributed by atoms with Gasteiger partial charge in [0, 0.05) is 51.7 Å². The molecule has 5 heteroatoms. The minimum absolute atomic E-state index is 0.122. The molecule has 0 atom stereocenters. The Morgan fingerprint density at radius 1 is 1.37 bits per heavy atom. The van der Waals surface area contributed by atoms with Gasteiger partial charge < -0.3 is 14.6 Å². The van der Waals surface area contributed by atoms with Crippen LogP contribution in [0.1, 0.15) is 23.0 Å². The van der Waals surface area contributed by atoms with Crippen molar-refractivity contribution in [1.29, 1.82) is 0 Å². The van der Waals surface area contributed by atoms with Crippen LogP contribution < -0.4 is 5.32 Å². The molecule has 0 bridgehead atoms. The van der Waals surface area contributed by atoms with Crippen LogP contribution in [-0.4, -0.2) is 61.0 Å². The molecule has 2 saturated heterocycles. The number of amides is 1. The topological polar surface area (TPSA) is 48.7 Å². The summed E-state index contributed by atoms with van der Waals surface area (Å²) in [6.07, 6.45) is 2.38. The molecule has 0 unspecified atom stereocenters. The van der Waals surface area contributed by atoms with Gasteiger partial charge in [-0.15, -0.1) is 0 Å². The first-order valence-corrected chi connectivity index (χ1v) is 7.10. The highest BCUT2D eigenvalue weighted by atomic mass is 16.3. The molecule has 1 aromatic rings. The van der Waals surface area contributed by atoms with E-state index in [4.69, 9.17) is 4.42 Å². The average Bonchev–Trinajstić information content (AvgIpc) is 2.85. The van der Waals surface area contributed by atoms with Crippen molar-refractivity contribution in [2.45, 2.75) is 19.4 Å². The molecule has 0 aromatic carbocycles. The number of hydrogen-bond acceptors (Lipinski definition) is 4. The van der Waals surface area contributed by atoms with Gasteiger partial charge in [-0.1, -0.05) is 6.92 Å². The van der Waals surface area contributed by atoms with E-state index in [1.165, 1.54) is 0 Å². The zero-order chi connectivity index (χ0) is 13.2. The van der Waals surface area contributed by atoms with Crippen molar-refractivity contribution in [2.24, 2.45) is 0 Å². The van der Waals surface area contributed by atoms with Crippen LogP contribution in [0.15, 0.2) is 16.7 Å². The highest BCUT2D eigenvalue weighted by molar-refractivity contribution is 5.95. The first-order chi connectivity index (χ1) is 9.29.